The van der Waals surface area contributed by atoms with Crippen molar-refractivity contribution in [1.29, 1.82) is 0 Å². The number of hydrogen-bond acceptors (Lipinski definition) is 2. The molecule has 0 bridgehead atoms. The average molecular weight is 202 g/mol. The number of unbranched alkanes of at least 4 members (excludes halogenated alkanes) is 1. The summed E-state index contributed by atoms with van der Waals surface area (Å²) in [5.41, 5.74) is 0. The average Bonchev–Trinajstić information content (AvgIpc) is 2.05. The minimum absolute atomic E-state index is 0.580. The summed E-state index contributed by atoms with van der Waals surface area (Å²) in [5.74, 6) is 1.13. The van der Waals surface area contributed by atoms with Gasteiger partial charge in [-0.15, -0.1) is 11.8 Å². The van der Waals surface area contributed by atoms with E-state index in [-0.39, 0.29) is 0 Å². The van der Waals surface area contributed by atoms with Crippen LogP contribution in [0.15, 0.2) is 23.2 Å². The van der Waals surface area contributed by atoms with Gasteiger partial charge in [-0.05, 0) is 24.3 Å². The van der Waals surface area contributed by atoms with Gasteiger partial charge in [-0.25, -0.2) is 4.98 Å². The molecular weight excluding hydrogens is 190 g/mol. The molecule has 0 aliphatic heterocycles. The Kier molecular flexibility index (Phi) is 4.48. The first kappa shape index (κ1) is 9.87. The Morgan fingerprint density at radius 3 is 3.00 bits per heavy atom. The van der Waals surface area contributed by atoms with E-state index in [1.807, 2.05) is 12.1 Å². The molecule has 0 unspecified atom stereocenters. The predicted molar refractivity (Wildman–Crippen MR) is 54.9 cm³/mol. The SMILES string of the molecule is CCCCSc1cccc(Cl)n1. The van der Waals surface area contributed by atoms with E-state index in [1.54, 1.807) is 17.8 Å². The second-order valence-electron chi connectivity index (χ2n) is 2.50. The maximum absolute atomic E-state index is 5.73. The van der Waals surface area contributed by atoms with Gasteiger partial charge in [0.2, 0.25) is 0 Å². The van der Waals surface area contributed by atoms with Crippen LogP contribution < -0.4 is 0 Å². The molecule has 0 fully saturated rings. The smallest absolute Gasteiger partial charge is 0.130 e. The van der Waals surface area contributed by atoms with Crippen LogP contribution in [0.25, 0.3) is 0 Å². The summed E-state index contributed by atoms with van der Waals surface area (Å²) in [5, 5.41) is 1.60. The summed E-state index contributed by atoms with van der Waals surface area (Å²) >= 11 is 7.50. The summed E-state index contributed by atoms with van der Waals surface area (Å²) in [6.45, 7) is 2.19. The van der Waals surface area contributed by atoms with E-state index < -0.39 is 0 Å². The van der Waals surface area contributed by atoms with Gasteiger partial charge < -0.3 is 0 Å². The lowest BCUT2D eigenvalue weighted by Gasteiger charge is -1.98. The van der Waals surface area contributed by atoms with E-state index in [1.165, 1.54) is 12.8 Å². The summed E-state index contributed by atoms with van der Waals surface area (Å²) in [6, 6.07) is 5.72. The quantitative estimate of drug-likeness (QED) is 0.419. The van der Waals surface area contributed by atoms with Crippen LogP contribution in [0.5, 0.6) is 0 Å². The Bertz CT molecular complexity index is 240. The summed E-state index contributed by atoms with van der Waals surface area (Å²) in [7, 11) is 0. The molecule has 1 aromatic rings. The van der Waals surface area contributed by atoms with E-state index in [0.717, 1.165) is 10.8 Å². The van der Waals surface area contributed by atoms with Crippen molar-refractivity contribution in [3.8, 4) is 0 Å². The van der Waals surface area contributed by atoms with Gasteiger partial charge >= 0.3 is 0 Å². The van der Waals surface area contributed by atoms with Crippen molar-refractivity contribution < 1.29 is 0 Å². The molecule has 0 amide bonds. The standard InChI is InChI=1S/C9H12ClNS/c1-2-3-7-12-9-6-4-5-8(10)11-9/h4-6H,2-3,7H2,1H3. The van der Waals surface area contributed by atoms with Crippen molar-refractivity contribution in [3.63, 3.8) is 0 Å². The largest absolute Gasteiger partial charge is 0.230 e. The molecule has 0 saturated heterocycles. The van der Waals surface area contributed by atoms with Gasteiger partial charge in [0, 0.05) is 0 Å². The topological polar surface area (TPSA) is 12.9 Å². The third-order valence-corrected chi connectivity index (χ3v) is 2.66. The lowest BCUT2D eigenvalue weighted by Crippen LogP contribution is -1.82. The minimum atomic E-state index is 0.580. The van der Waals surface area contributed by atoms with Crippen molar-refractivity contribution in [2.24, 2.45) is 0 Å². The first-order valence-electron chi connectivity index (χ1n) is 4.08. The van der Waals surface area contributed by atoms with Crippen LogP contribution in [0.3, 0.4) is 0 Å². The zero-order chi connectivity index (χ0) is 8.81. The number of pyridine rings is 1. The molecule has 0 radical (unpaired) electrons. The number of hydrogen-bond donors (Lipinski definition) is 0. The fraction of sp³-hybridized carbons (Fsp3) is 0.444. The van der Waals surface area contributed by atoms with Gasteiger partial charge in [0.15, 0.2) is 0 Å². The van der Waals surface area contributed by atoms with E-state index in [0.29, 0.717) is 5.15 Å². The van der Waals surface area contributed by atoms with Crippen LogP contribution in [-0.2, 0) is 0 Å². The Morgan fingerprint density at radius 1 is 1.50 bits per heavy atom. The molecule has 0 aliphatic rings. The van der Waals surface area contributed by atoms with Crippen molar-refractivity contribution in [2.75, 3.05) is 5.75 Å². The third-order valence-electron chi connectivity index (χ3n) is 1.44. The maximum atomic E-state index is 5.73. The molecular formula is C9H12ClNS. The highest BCUT2D eigenvalue weighted by atomic mass is 35.5. The molecule has 0 aromatic carbocycles. The molecule has 3 heteroatoms. The second kappa shape index (κ2) is 5.44. The molecule has 66 valence electrons. The summed E-state index contributed by atoms with van der Waals surface area (Å²) in [4.78, 5) is 4.17. The van der Waals surface area contributed by atoms with Crippen molar-refractivity contribution >= 4 is 23.4 Å². The molecule has 1 heterocycles. The van der Waals surface area contributed by atoms with Gasteiger partial charge in [-0.3, -0.25) is 0 Å². The fourth-order valence-corrected chi connectivity index (χ4v) is 1.98. The van der Waals surface area contributed by atoms with E-state index in [9.17, 15) is 0 Å². The summed E-state index contributed by atoms with van der Waals surface area (Å²) < 4.78 is 0. The number of thioether (sulfide) groups is 1. The van der Waals surface area contributed by atoms with Crippen LogP contribution in [0.2, 0.25) is 5.15 Å². The Morgan fingerprint density at radius 2 is 2.33 bits per heavy atom. The number of nitrogens with zero attached hydrogens (tertiary/aromatic N) is 1. The lowest BCUT2D eigenvalue weighted by atomic mass is 10.4. The third kappa shape index (κ3) is 3.46. The van der Waals surface area contributed by atoms with Crippen LogP contribution in [0, 0.1) is 0 Å². The number of aromatic nitrogens is 1. The van der Waals surface area contributed by atoms with E-state index >= 15 is 0 Å². The molecule has 0 saturated carbocycles. The van der Waals surface area contributed by atoms with Crippen LogP contribution in [0.1, 0.15) is 19.8 Å². The normalized spacial score (nSPS) is 10.2. The summed E-state index contributed by atoms with van der Waals surface area (Å²) in [6.07, 6.45) is 2.46. The van der Waals surface area contributed by atoms with Gasteiger partial charge in [-0.2, -0.15) is 0 Å². The highest BCUT2D eigenvalue weighted by Crippen LogP contribution is 2.18. The van der Waals surface area contributed by atoms with Gasteiger partial charge in [-0.1, -0.05) is 31.0 Å². The van der Waals surface area contributed by atoms with E-state index in [2.05, 4.69) is 11.9 Å². The van der Waals surface area contributed by atoms with Crippen LogP contribution in [0.4, 0.5) is 0 Å². The Balaban J connectivity index is 2.41. The van der Waals surface area contributed by atoms with Crippen LogP contribution in [-0.4, -0.2) is 10.7 Å². The van der Waals surface area contributed by atoms with Gasteiger partial charge in [0.05, 0.1) is 5.03 Å². The molecule has 0 spiro atoms. The molecule has 12 heavy (non-hydrogen) atoms. The molecule has 1 nitrogen and oxygen atoms in total. The van der Waals surface area contributed by atoms with Crippen molar-refractivity contribution in [1.82, 2.24) is 4.98 Å². The van der Waals surface area contributed by atoms with Crippen molar-refractivity contribution in [3.05, 3.63) is 23.4 Å². The monoisotopic (exact) mass is 201 g/mol. The molecule has 0 aliphatic carbocycles. The first-order chi connectivity index (χ1) is 5.83. The molecule has 1 rings (SSSR count). The molecule has 1 aromatic heterocycles. The van der Waals surface area contributed by atoms with Gasteiger partial charge in [0.1, 0.15) is 5.15 Å². The molecule has 0 atom stereocenters. The predicted octanol–water partition coefficient (Wildman–Crippen LogP) is 3.63. The Labute approximate surface area is 82.5 Å². The van der Waals surface area contributed by atoms with Crippen molar-refractivity contribution in [2.45, 2.75) is 24.8 Å². The zero-order valence-electron chi connectivity index (χ0n) is 7.09. The highest BCUT2D eigenvalue weighted by molar-refractivity contribution is 7.99. The van der Waals surface area contributed by atoms with E-state index in [4.69, 9.17) is 11.6 Å². The minimum Gasteiger partial charge on any atom is -0.230 e. The first-order valence-corrected chi connectivity index (χ1v) is 5.44. The lowest BCUT2D eigenvalue weighted by molar-refractivity contribution is 0.894. The maximum Gasteiger partial charge on any atom is 0.130 e. The fourth-order valence-electron chi connectivity index (χ4n) is 0.791. The number of halogens is 1. The highest BCUT2D eigenvalue weighted by Gasteiger charge is 1.95. The molecule has 0 N–H and O–H groups in total. The Hall–Kier alpha value is -0.210. The van der Waals surface area contributed by atoms with Crippen LogP contribution >= 0.6 is 23.4 Å². The number of rotatable bonds is 4. The van der Waals surface area contributed by atoms with Gasteiger partial charge in [0.25, 0.3) is 0 Å². The second-order valence-corrected chi connectivity index (χ2v) is 4.00. The zero-order valence-corrected chi connectivity index (χ0v) is 8.66.